The van der Waals surface area contributed by atoms with Crippen LogP contribution in [0.2, 0.25) is 5.02 Å². The fourth-order valence-electron chi connectivity index (χ4n) is 3.23. The Hall–Kier alpha value is -2.90. The Morgan fingerprint density at radius 1 is 1.09 bits per heavy atom. The molecular formula is C24H21ClF3NO3. The number of carbonyl (C=O) groups is 1. The number of pyridine rings is 1. The van der Waals surface area contributed by atoms with E-state index >= 15 is 0 Å². The predicted octanol–water partition coefficient (Wildman–Crippen LogP) is 6.78. The first kappa shape index (κ1) is 23.8. The molecule has 32 heavy (non-hydrogen) atoms. The van der Waals surface area contributed by atoms with Crippen molar-refractivity contribution in [3.8, 4) is 22.4 Å². The van der Waals surface area contributed by atoms with E-state index in [-0.39, 0.29) is 6.61 Å². The second-order valence-corrected chi connectivity index (χ2v) is 7.69. The topological polar surface area (TPSA) is 59.4 Å². The smallest absolute Gasteiger partial charge is 0.416 e. The van der Waals surface area contributed by atoms with Crippen molar-refractivity contribution < 1.29 is 27.8 Å². The molecule has 3 aromatic rings. The number of halogens is 4. The molecule has 168 valence electrons. The summed E-state index contributed by atoms with van der Waals surface area (Å²) in [5.41, 5.74) is 3.01. The SMILES string of the molecule is CCC(OCc1cc(-c2ccc(Cl)cc2)c(-c2ccc(C(F)(F)F)cc2)nc1C)C(=O)O. The van der Waals surface area contributed by atoms with Crippen LogP contribution >= 0.6 is 11.6 Å². The molecule has 1 heterocycles. The maximum absolute atomic E-state index is 13.0. The molecule has 1 atom stereocenters. The number of rotatable bonds is 7. The number of carboxylic acid groups (broad SMARTS) is 1. The molecule has 0 aliphatic carbocycles. The molecule has 1 N–H and O–H groups in total. The van der Waals surface area contributed by atoms with E-state index in [9.17, 15) is 23.1 Å². The number of aryl methyl sites for hydroxylation is 1. The average Bonchev–Trinajstić information content (AvgIpc) is 2.75. The first-order valence-electron chi connectivity index (χ1n) is 9.88. The normalized spacial score (nSPS) is 12.6. The fourth-order valence-corrected chi connectivity index (χ4v) is 3.36. The van der Waals surface area contributed by atoms with E-state index in [0.717, 1.165) is 17.7 Å². The van der Waals surface area contributed by atoms with Crippen molar-refractivity contribution in [3.05, 3.63) is 76.4 Å². The summed E-state index contributed by atoms with van der Waals surface area (Å²) in [7, 11) is 0. The van der Waals surface area contributed by atoms with Crippen LogP contribution in [0, 0.1) is 6.92 Å². The molecule has 0 amide bonds. The van der Waals surface area contributed by atoms with Gasteiger partial charge in [-0.2, -0.15) is 13.2 Å². The maximum Gasteiger partial charge on any atom is 0.416 e. The number of aliphatic carboxylic acids is 1. The van der Waals surface area contributed by atoms with Crippen LogP contribution in [0.3, 0.4) is 0 Å². The van der Waals surface area contributed by atoms with Crippen LogP contribution in [0.25, 0.3) is 22.4 Å². The maximum atomic E-state index is 13.0. The Labute approximate surface area is 188 Å². The van der Waals surface area contributed by atoms with Gasteiger partial charge in [-0.25, -0.2) is 4.79 Å². The lowest BCUT2D eigenvalue weighted by Gasteiger charge is -2.17. The molecule has 0 aliphatic rings. The van der Waals surface area contributed by atoms with E-state index in [0.29, 0.717) is 39.5 Å². The minimum absolute atomic E-state index is 0.0392. The van der Waals surface area contributed by atoms with Crippen molar-refractivity contribution >= 4 is 17.6 Å². The van der Waals surface area contributed by atoms with Gasteiger partial charge in [0.25, 0.3) is 0 Å². The zero-order valence-corrected chi connectivity index (χ0v) is 18.2. The van der Waals surface area contributed by atoms with Gasteiger partial charge in [0.05, 0.1) is 17.9 Å². The van der Waals surface area contributed by atoms with E-state index < -0.39 is 23.8 Å². The Balaban J connectivity index is 2.07. The molecule has 0 aliphatic heterocycles. The molecule has 1 unspecified atom stereocenters. The fraction of sp³-hybridized carbons (Fsp3) is 0.250. The second kappa shape index (κ2) is 9.71. The lowest BCUT2D eigenvalue weighted by atomic mass is 9.96. The zero-order valence-electron chi connectivity index (χ0n) is 17.4. The Morgan fingerprint density at radius 3 is 2.22 bits per heavy atom. The number of hydrogen-bond acceptors (Lipinski definition) is 3. The van der Waals surface area contributed by atoms with Crippen molar-refractivity contribution in [2.24, 2.45) is 0 Å². The summed E-state index contributed by atoms with van der Waals surface area (Å²) in [6, 6.07) is 13.6. The highest BCUT2D eigenvalue weighted by molar-refractivity contribution is 6.30. The van der Waals surface area contributed by atoms with Gasteiger partial charge in [0.1, 0.15) is 0 Å². The van der Waals surface area contributed by atoms with Crippen molar-refractivity contribution in [2.75, 3.05) is 0 Å². The molecule has 0 bridgehead atoms. The molecule has 0 fully saturated rings. The Bertz CT molecular complexity index is 1100. The number of ether oxygens (including phenoxy) is 1. The van der Waals surface area contributed by atoms with Gasteiger partial charge < -0.3 is 9.84 Å². The van der Waals surface area contributed by atoms with E-state index in [2.05, 4.69) is 4.98 Å². The minimum atomic E-state index is -4.43. The standard InChI is InChI=1S/C24H21ClF3NO3/c1-3-21(23(30)31)32-13-17-12-20(15-6-10-19(25)11-7-15)22(29-14(17)2)16-4-8-18(9-5-16)24(26,27)28/h4-12,21H,3,13H2,1-2H3,(H,30,31). The largest absolute Gasteiger partial charge is 0.479 e. The van der Waals surface area contributed by atoms with Gasteiger partial charge >= 0.3 is 12.1 Å². The molecule has 2 aromatic carbocycles. The lowest BCUT2D eigenvalue weighted by molar-refractivity contribution is -0.151. The van der Waals surface area contributed by atoms with E-state index in [1.807, 2.05) is 6.07 Å². The van der Waals surface area contributed by atoms with Crippen LogP contribution in [0.15, 0.2) is 54.6 Å². The summed E-state index contributed by atoms with van der Waals surface area (Å²) < 4.78 is 44.5. The molecular weight excluding hydrogens is 443 g/mol. The van der Waals surface area contributed by atoms with Crippen LogP contribution < -0.4 is 0 Å². The summed E-state index contributed by atoms with van der Waals surface area (Å²) in [5, 5.41) is 9.76. The molecule has 0 saturated heterocycles. The number of hydrogen-bond donors (Lipinski definition) is 1. The molecule has 0 spiro atoms. The number of alkyl halides is 3. The summed E-state index contributed by atoms with van der Waals surface area (Å²) in [4.78, 5) is 15.9. The van der Waals surface area contributed by atoms with Gasteiger partial charge in [-0.05, 0) is 54.8 Å². The Kier molecular flexibility index (Phi) is 7.21. The highest BCUT2D eigenvalue weighted by Gasteiger charge is 2.30. The number of aromatic nitrogens is 1. The van der Waals surface area contributed by atoms with Gasteiger partial charge in [0, 0.05) is 21.8 Å². The molecule has 1 aromatic heterocycles. The second-order valence-electron chi connectivity index (χ2n) is 7.26. The first-order valence-corrected chi connectivity index (χ1v) is 10.3. The predicted molar refractivity (Wildman–Crippen MR) is 116 cm³/mol. The lowest BCUT2D eigenvalue weighted by Crippen LogP contribution is -2.22. The highest BCUT2D eigenvalue weighted by Crippen LogP contribution is 2.35. The van der Waals surface area contributed by atoms with Gasteiger partial charge in [-0.15, -0.1) is 0 Å². The van der Waals surface area contributed by atoms with Crippen molar-refractivity contribution in [1.29, 1.82) is 0 Å². The number of benzene rings is 2. The summed E-state index contributed by atoms with van der Waals surface area (Å²) in [6.07, 6.45) is -5.06. The van der Waals surface area contributed by atoms with Crippen LogP contribution in [0.5, 0.6) is 0 Å². The number of nitrogens with zero attached hydrogens (tertiary/aromatic N) is 1. The third kappa shape index (κ3) is 5.47. The van der Waals surface area contributed by atoms with Gasteiger partial charge in [0.2, 0.25) is 0 Å². The molecule has 3 rings (SSSR count). The molecule has 0 radical (unpaired) electrons. The summed E-state index contributed by atoms with van der Waals surface area (Å²) >= 11 is 6.00. The highest BCUT2D eigenvalue weighted by atomic mass is 35.5. The molecule has 8 heteroatoms. The van der Waals surface area contributed by atoms with Crippen LogP contribution in [0.1, 0.15) is 30.2 Å². The van der Waals surface area contributed by atoms with Crippen molar-refractivity contribution in [1.82, 2.24) is 4.98 Å². The van der Waals surface area contributed by atoms with Crippen LogP contribution in [-0.2, 0) is 22.3 Å². The summed E-state index contributed by atoms with van der Waals surface area (Å²) in [6.45, 7) is 3.51. The van der Waals surface area contributed by atoms with Gasteiger partial charge in [0.15, 0.2) is 6.10 Å². The van der Waals surface area contributed by atoms with E-state index in [1.165, 1.54) is 12.1 Å². The quantitative estimate of drug-likeness (QED) is 0.419. The van der Waals surface area contributed by atoms with E-state index in [1.54, 1.807) is 38.1 Å². The van der Waals surface area contributed by atoms with Gasteiger partial charge in [-0.1, -0.05) is 42.8 Å². The molecule has 0 saturated carbocycles. The van der Waals surface area contributed by atoms with Crippen LogP contribution in [0.4, 0.5) is 13.2 Å². The van der Waals surface area contributed by atoms with E-state index in [4.69, 9.17) is 16.3 Å². The zero-order chi connectivity index (χ0) is 23.5. The first-order chi connectivity index (χ1) is 15.1. The minimum Gasteiger partial charge on any atom is -0.479 e. The number of carboxylic acids is 1. The van der Waals surface area contributed by atoms with Crippen LogP contribution in [-0.4, -0.2) is 22.2 Å². The monoisotopic (exact) mass is 463 g/mol. The Morgan fingerprint density at radius 2 is 1.69 bits per heavy atom. The van der Waals surface area contributed by atoms with Crippen molar-refractivity contribution in [2.45, 2.75) is 39.2 Å². The molecule has 4 nitrogen and oxygen atoms in total. The summed E-state index contributed by atoms with van der Waals surface area (Å²) in [5.74, 6) is -1.04. The van der Waals surface area contributed by atoms with Crippen molar-refractivity contribution in [3.63, 3.8) is 0 Å². The average molecular weight is 464 g/mol. The third-order valence-electron chi connectivity index (χ3n) is 5.05. The van der Waals surface area contributed by atoms with Gasteiger partial charge in [-0.3, -0.25) is 4.98 Å². The third-order valence-corrected chi connectivity index (χ3v) is 5.30.